The van der Waals surface area contributed by atoms with Crippen LogP contribution in [0.5, 0.6) is 0 Å². The number of nitrogens with zero attached hydrogens (tertiary/aromatic N) is 1. The second-order valence-corrected chi connectivity index (χ2v) is 11.3. The van der Waals surface area contributed by atoms with Crippen LogP contribution in [0.3, 0.4) is 0 Å². The highest BCUT2D eigenvalue weighted by molar-refractivity contribution is 9.10. The fourth-order valence-electron chi connectivity index (χ4n) is 3.87. The smallest absolute Gasteiger partial charge is 0.338 e. The Balaban J connectivity index is 1.41. The molecular formula is C24H25BrN2O6S. The molecule has 1 N–H and O–H groups in total. The maximum absolute atomic E-state index is 13.0. The minimum atomic E-state index is -3.78. The van der Waals surface area contributed by atoms with Crippen molar-refractivity contribution < 1.29 is 27.5 Å². The molecule has 0 radical (unpaired) electrons. The predicted molar refractivity (Wildman–Crippen MR) is 131 cm³/mol. The molecule has 10 heteroatoms. The first-order valence-electron chi connectivity index (χ1n) is 11.1. The Morgan fingerprint density at radius 1 is 1.15 bits per heavy atom. The van der Waals surface area contributed by atoms with Crippen molar-refractivity contribution in [2.45, 2.75) is 37.5 Å². The van der Waals surface area contributed by atoms with E-state index in [1.807, 2.05) is 0 Å². The minimum absolute atomic E-state index is 0.0460. The molecule has 2 amide bonds. The average molecular weight is 549 g/mol. The van der Waals surface area contributed by atoms with E-state index in [0.29, 0.717) is 34.4 Å². The second-order valence-electron chi connectivity index (χ2n) is 8.34. The van der Waals surface area contributed by atoms with Gasteiger partial charge in [0.1, 0.15) is 0 Å². The van der Waals surface area contributed by atoms with Crippen molar-refractivity contribution in [3.05, 3.63) is 52.0 Å². The van der Waals surface area contributed by atoms with Gasteiger partial charge in [-0.1, -0.05) is 0 Å². The standard InChI is InChI=1S/C24H25BrN2O6S/c1-2-33-24(30)16-5-7-18(8-6-16)26-22(28)10-12-34(31,32)21-14-20-17(13-19(21)25)9-11-27(20)23(29)15-3-4-15/h5-8,13-15H,2-4,9-12H2,1H3,(H,26,28). The van der Waals surface area contributed by atoms with Crippen molar-refractivity contribution in [2.24, 2.45) is 5.92 Å². The van der Waals surface area contributed by atoms with Crippen molar-refractivity contribution in [2.75, 3.05) is 29.1 Å². The van der Waals surface area contributed by atoms with Crippen molar-refractivity contribution in [1.29, 1.82) is 0 Å². The van der Waals surface area contributed by atoms with Gasteiger partial charge in [-0.15, -0.1) is 0 Å². The van der Waals surface area contributed by atoms with Gasteiger partial charge in [-0.3, -0.25) is 9.59 Å². The Morgan fingerprint density at radius 3 is 2.50 bits per heavy atom. The van der Waals surface area contributed by atoms with Crippen LogP contribution in [0, 0.1) is 5.92 Å². The first kappa shape index (κ1) is 24.4. The molecule has 1 aliphatic carbocycles. The highest BCUT2D eigenvalue weighted by Crippen LogP contribution is 2.39. The number of ether oxygens (including phenoxy) is 1. The monoisotopic (exact) mass is 548 g/mol. The summed E-state index contributed by atoms with van der Waals surface area (Å²) in [6.07, 6.45) is 2.21. The lowest BCUT2D eigenvalue weighted by Gasteiger charge is -2.18. The van der Waals surface area contributed by atoms with Crippen LogP contribution < -0.4 is 10.2 Å². The SMILES string of the molecule is CCOC(=O)c1ccc(NC(=O)CCS(=O)(=O)c2cc3c(cc2Br)CCN3C(=O)C2CC2)cc1. The Kier molecular flexibility index (Phi) is 7.09. The number of nitrogens with one attached hydrogen (secondary N) is 1. The zero-order chi connectivity index (χ0) is 24.5. The van der Waals surface area contributed by atoms with E-state index in [4.69, 9.17) is 4.74 Å². The third-order valence-electron chi connectivity index (χ3n) is 5.83. The Labute approximate surface area is 206 Å². The largest absolute Gasteiger partial charge is 0.462 e. The zero-order valence-electron chi connectivity index (χ0n) is 18.7. The van der Waals surface area contributed by atoms with E-state index >= 15 is 0 Å². The van der Waals surface area contributed by atoms with Crippen LogP contribution in [-0.4, -0.2) is 45.1 Å². The van der Waals surface area contributed by atoms with Crippen LogP contribution in [0.15, 0.2) is 45.8 Å². The van der Waals surface area contributed by atoms with Crippen LogP contribution in [0.1, 0.15) is 42.1 Å². The first-order valence-corrected chi connectivity index (χ1v) is 13.6. The summed E-state index contributed by atoms with van der Waals surface area (Å²) in [5, 5.41) is 2.64. The van der Waals surface area contributed by atoms with Crippen molar-refractivity contribution >= 4 is 54.9 Å². The summed E-state index contributed by atoms with van der Waals surface area (Å²) in [5.74, 6) is -1.20. The molecule has 1 aliphatic heterocycles. The van der Waals surface area contributed by atoms with Gasteiger partial charge >= 0.3 is 5.97 Å². The summed E-state index contributed by atoms with van der Waals surface area (Å²) in [7, 11) is -3.78. The number of hydrogen-bond acceptors (Lipinski definition) is 6. The number of sulfone groups is 1. The van der Waals surface area contributed by atoms with Gasteiger partial charge < -0.3 is 15.0 Å². The van der Waals surface area contributed by atoms with Gasteiger partial charge in [0.25, 0.3) is 0 Å². The molecule has 180 valence electrons. The zero-order valence-corrected chi connectivity index (χ0v) is 21.1. The number of benzene rings is 2. The number of carbonyl (C=O) groups is 3. The fraction of sp³-hybridized carbons (Fsp3) is 0.375. The number of halogens is 1. The Morgan fingerprint density at radius 2 is 1.85 bits per heavy atom. The van der Waals surface area contributed by atoms with E-state index in [2.05, 4.69) is 21.2 Å². The van der Waals surface area contributed by atoms with E-state index in [-0.39, 0.29) is 35.5 Å². The molecule has 0 saturated heterocycles. The second kappa shape index (κ2) is 9.87. The van der Waals surface area contributed by atoms with Gasteiger partial charge in [0.15, 0.2) is 9.84 Å². The van der Waals surface area contributed by atoms with Crippen molar-refractivity contribution in [3.8, 4) is 0 Å². The van der Waals surface area contributed by atoms with Gasteiger partial charge in [0.05, 0.1) is 22.8 Å². The number of anilines is 2. The molecule has 0 aromatic heterocycles. The lowest BCUT2D eigenvalue weighted by atomic mass is 10.2. The Bertz CT molecular complexity index is 1240. The van der Waals surface area contributed by atoms with Gasteiger partial charge in [-0.05, 0) is 84.1 Å². The summed E-state index contributed by atoms with van der Waals surface area (Å²) in [5.41, 5.74) is 2.38. The molecule has 2 aromatic rings. The molecule has 0 unspecified atom stereocenters. The molecule has 0 bridgehead atoms. The lowest BCUT2D eigenvalue weighted by molar-refractivity contribution is -0.119. The lowest BCUT2D eigenvalue weighted by Crippen LogP contribution is -2.30. The highest BCUT2D eigenvalue weighted by atomic mass is 79.9. The highest BCUT2D eigenvalue weighted by Gasteiger charge is 2.37. The van der Waals surface area contributed by atoms with Gasteiger partial charge in [-0.25, -0.2) is 13.2 Å². The van der Waals surface area contributed by atoms with Crippen LogP contribution in [0.4, 0.5) is 11.4 Å². The number of rotatable bonds is 8. The molecule has 34 heavy (non-hydrogen) atoms. The van der Waals surface area contributed by atoms with E-state index in [9.17, 15) is 22.8 Å². The Hall–Kier alpha value is -2.72. The van der Waals surface area contributed by atoms with E-state index in [0.717, 1.165) is 18.4 Å². The van der Waals surface area contributed by atoms with E-state index < -0.39 is 21.7 Å². The summed E-state index contributed by atoms with van der Waals surface area (Å²) >= 11 is 3.35. The van der Waals surface area contributed by atoms with Crippen LogP contribution in [0.25, 0.3) is 0 Å². The first-order chi connectivity index (χ1) is 16.2. The third kappa shape index (κ3) is 5.33. The van der Waals surface area contributed by atoms with Gasteiger partial charge in [0, 0.05) is 34.7 Å². The summed E-state index contributed by atoms with van der Waals surface area (Å²) in [6.45, 7) is 2.53. The number of amides is 2. The van der Waals surface area contributed by atoms with E-state index in [1.54, 1.807) is 36.1 Å². The van der Waals surface area contributed by atoms with Crippen LogP contribution >= 0.6 is 15.9 Å². The topological polar surface area (TPSA) is 110 Å². The van der Waals surface area contributed by atoms with Crippen molar-refractivity contribution in [3.63, 3.8) is 0 Å². The van der Waals surface area contributed by atoms with Crippen LogP contribution in [0.2, 0.25) is 0 Å². The quantitative estimate of drug-likeness (QED) is 0.503. The molecule has 8 nitrogen and oxygen atoms in total. The molecule has 1 heterocycles. The minimum Gasteiger partial charge on any atom is -0.462 e. The maximum atomic E-state index is 13.0. The number of esters is 1. The number of carbonyl (C=O) groups excluding carboxylic acids is 3. The normalized spacial score (nSPS) is 15.1. The molecule has 0 atom stereocenters. The molecular weight excluding hydrogens is 524 g/mol. The molecule has 4 rings (SSSR count). The fourth-order valence-corrected chi connectivity index (χ4v) is 6.32. The molecule has 1 fully saturated rings. The number of fused-ring (bicyclic) bond motifs is 1. The molecule has 0 spiro atoms. The third-order valence-corrected chi connectivity index (χ3v) is 8.50. The molecule has 1 saturated carbocycles. The summed E-state index contributed by atoms with van der Waals surface area (Å²) in [4.78, 5) is 38.4. The summed E-state index contributed by atoms with van der Waals surface area (Å²) < 4.78 is 31.5. The maximum Gasteiger partial charge on any atom is 0.338 e. The van der Waals surface area contributed by atoms with Crippen molar-refractivity contribution in [1.82, 2.24) is 0 Å². The van der Waals surface area contributed by atoms with Crippen LogP contribution in [-0.2, 0) is 30.6 Å². The van der Waals surface area contributed by atoms with Gasteiger partial charge in [-0.2, -0.15) is 0 Å². The van der Waals surface area contributed by atoms with E-state index in [1.165, 1.54) is 12.1 Å². The molecule has 2 aliphatic rings. The van der Waals surface area contributed by atoms with Gasteiger partial charge in [0.2, 0.25) is 11.8 Å². The molecule has 2 aromatic carbocycles. The predicted octanol–water partition coefficient (Wildman–Crippen LogP) is 3.73. The number of hydrogen-bond donors (Lipinski definition) is 1. The summed E-state index contributed by atoms with van der Waals surface area (Å²) in [6, 6.07) is 9.48. The average Bonchev–Trinajstić information content (AvgIpc) is 3.57.